The lowest BCUT2D eigenvalue weighted by atomic mass is 10.0. The third-order valence-electron chi connectivity index (χ3n) is 2.40. The number of halogens is 2. The Hall–Kier alpha value is 0.990. The van der Waals surface area contributed by atoms with Crippen molar-refractivity contribution in [2.75, 3.05) is 0 Å². The van der Waals surface area contributed by atoms with Crippen molar-refractivity contribution < 1.29 is 0 Å². The van der Waals surface area contributed by atoms with Gasteiger partial charge in [-0.3, -0.25) is 0 Å². The quantitative estimate of drug-likeness (QED) is 0.555. The highest BCUT2D eigenvalue weighted by Crippen LogP contribution is 2.42. The van der Waals surface area contributed by atoms with Crippen molar-refractivity contribution in [2.24, 2.45) is 5.92 Å². The Morgan fingerprint density at radius 1 is 1.14 bits per heavy atom. The SMILES string of the molecule is IC1=CC2C=c3sc(I)cc3=CC2S1. The third-order valence-corrected chi connectivity index (χ3v) is 6.48. The minimum atomic E-state index is 0.633. The van der Waals surface area contributed by atoms with Crippen LogP contribution in [0.25, 0.3) is 12.2 Å². The van der Waals surface area contributed by atoms with Crippen LogP contribution in [0, 0.1) is 8.80 Å². The predicted octanol–water partition coefficient (Wildman–Crippen LogP) is 2.94. The summed E-state index contributed by atoms with van der Waals surface area (Å²) < 4.78 is 4.29. The average Bonchev–Trinajstić information content (AvgIpc) is 2.59. The standard InChI is InChI=1S/C10H6I2S2/c11-9-3-5-1-7-6(2-8(5)14-9)4-10(12)13-7/h1-5,8H. The van der Waals surface area contributed by atoms with E-state index in [1.165, 1.54) is 15.5 Å². The summed E-state index contributed by atoms with van der Waals surface area (Å²) in [5.74, 6) is 0.633. The highest BCUT2D eigenvalue weighted by Gasteiger charge is 2.25. The van der Waals surface area contributed by atoms with E-state index in [0.717, 1.165) is 0 Å². The van der Waals surface area contributed by atoms with Crippen LogP contribution in [0.5, 0.6) is 0 Å². The molecule has 1 aliphatic carbocycles. The molecule has 1 aliphatic heterocycles. The van der Waals surface area contributed by atoms with Crippen LogP contribution in [0.4, 0.5) is 0 Å². The largest absolute Gasteiger partial charge is 0.129 e. The molecule has 0 aromatic carbocycles. The van der Waals surface area contributed by atoms with Crippen molar-refractivity contribution in [2.45, 2.75) is 5.25 Å². The van der Waals surface area contributed by atoms with Crippen LogP contribution in [-0.4, -0.2) is 5.25 Å². The Labute approximate surface area is 118 Å². The lowest BCUT2D eigenvalue weighted by molar-refractivity contribution is 0.933. The van der Waals surface area contributed by atoms with Crippen molar-refractivity contribution in [3.05, 3.63) is 27.7 Å². The van der Waals surface area contributed by atoms with Gasteiger partial charge in [-0.25, -0.2) is 0 Å². The third kappa shape index (κ3) is 1.72. The van der Waals surface area contributed by atoms with Gasteiger partial charge in [0.25, 0.3) is 0 Å². The molecule has 0 spiro atoms. The second-order valence-electron chi connectivity index (χ2n) is 3.33. The molecule has 0 amide bonds. The van der Waals surface area contributed by atoms with Gasteiger partial charge in [-0.05, 0) is 56.5 Å². The summed E-state index contributed by atoms with van der Waals surface area (Å²) in [7, 11) is 0. The molecule has 0 fully saturated rings. The first-order valence-corrected chi connectivity index (χ1v) is 8.11. The van der Waals surface area contributed by atoms with Crippen LogP contribution in [-0.2, 0) is 0 Å². The number of hydrogen-bond donors (Lipinski definition) is 0. The number of thioether (sulfide) groups is 1. The Morgan fingerprint density at radius 2 is 2.00 bits per heavy atom. The zero-order valence-electron chi connectivity index (χ0n) is 7.04. The van der Waals surface area contributed by atoms with Gasteiger partial charge < -0.3 is 0 Å². The number of thiophene rings is 1. The van der Waals surface area contributed by atoms with Gasteiger partial charge in [0.2, 0.25) is 0 Å². The van der Waals surface area contributed by atoms with E-state index in [4.69, 9.17) is 0 Å². The van der Waals surface area contributed by atoms with E-state index in [1.54, 1.807) is 0 Å². The van der Waals surface area contributed by atoms with Gasteiger partial charge in [0.1, 0.15) is 0 Å². The first-order valence-electron chi connectivity index (χ1n) is 4.25. The van der Waals surface area contributed by atoms with E-state index in [-0.39, 0.29) is 0 Å². The molecular weight excluding hydrogens is 438 g/mol. The van der Waals surface area contributed by atoms with Crippen LogP contribution in [0.1, 0.15) is 0 Å². The summed E-state index contributed by atoms with van der Waals surface area (Å²) >= 11 is 8.72. The van der Waals surface area contributed by atoms with E-state index in [9.17, 15) is 0 Å². The Bertz CT molecular complexity index is 527. The van der Waals surface area contributed by atoms with Crippen LogP contribution >= 0.6 is 68.3 Å². The zero-order valence-corrected chi connectivity index (χ0v) is 13.0. The van der Waals surface area contributed by atoms with Gasteiger partial charge in [-0.2, -0.15) is 0 Å². The van der Waals surface area contributed by atoms with E-state index >= 15 is 0 Å². The number of rotatable bonds is 0. The van der Waals surface area contributed by atoms with E-state index in [2.05, 4.69) is 69.5 Å². The maximum absolute atomic E-state index is 2.43. The summed E-state index contributed by atoms with van der Waals surface area (Å²) in [6.45, 7) is 0. The van der Waals surface area contributed by atoms with Crippen molar-refractivity contribution >= 4 is 80.4 Å². The molecule has 2 atom stereocenters. The molecule has 1 aromatic rings. The van der Waals surface area contributed by atoms with Gasteiger partial charge in [0.15, 0.2) is 0 Å². The normalized spacial score (nSPS) is 28.6. The van der Waals surface area contributed by atoms with Gasteiger partial charge in [-0.15, -0.1) is 23.1 Å². The molecular formula is C10H6I2S2. The molecule has 0 N–H and O–H groups in total. The van der Waals surface area contributed by atoms with Crippen molar-refractivity contribution in [1.82, 2.24) is 0 Å². The first-order chi connectivity index (χ1) is 6.72. The van der Waals surface area contributed by atoms with Crippen LogP contribution < -0.4 is 9.75 Å². The van der Waals surface area contributed by atoms with Crippen molar-refractivity contribution in [1.29, 1.82) is 0 Å². The molecule has 4 heteroatoms. The summed E-state index contributed by atoms with van der Waals surface area (Å²) in [6, 6.07) is 2.29. The molecule has 0 saturated carbocycles. The highest BCUT2D eigenvalue weighted by atomic mass is 127. The van der Waals surface area contributed by atoms with E-state index < -0.39 is 0 Å². The Morgan fingerprint density at radius 3 is 2.86 bits per heavy atom. The maximum atomic E-state index is 2.43. The minimum absolute atomic E-state index is 0.633. The molecule has 0 saturated heterocycles. The fourth-order valence-electron chi connectivity index (χ4n) is 1.78. The van der Waals surface area contributed by atoms with Crippen LogP contribution in [0.2, 0.25) is 0 Å². The monoisotopic (exact) mass is 444 g/mol. The molecule has 2 unspecified atom stereocenters. The van der Waals surface area contributed by atoms with Crippen LogP contribution in [0.3, 0.4) is 0 Å². The number of fused-ring (bicyclic) bond motifs is 2. The average molecular weight is 444 g/mol. The fraction of sp³-hybridized carbons (Fsp3) is 0.200. The maximum Gasteiger partial charge on any atom is 0.0665 e. The summed E-state index contributed by atoms with van der Waals surface area (Å²) in [4.78, 5) is 0. The topological polar surface area (TPSA) is 0 Å². The molecule has 0 nitrogen and oxygen atoms in total. The molecule has 2 aliphatic rings. The lowest BCUT2D eigenvalue weighted by Crippen LogP contribution is -2.28. The Balaban J connectivity index is 2.20. The van der Waals surface area contributed by atoms with Crippen LogP contribution in [0.15, 0.2) is 15.1 Å². The second kappa shape index (κ2) is 3.78. The van der Waals surface area contributed by atoms with Gasteiger partial charge in [0.05, 0.1) is 2.88 Å². The Kier molecular flexibility index (Phi) is 2.74. The molecule has 1 aromatic heterocycles. The van der Waals surface area contributed by atoms with E-state index in [0.29, 0.717) is 11.2 Å². The number of allylic oxidation sites excluding steroid dienone is 1. The smallest absolute Gasteiger partial charge is 0.0665 e. The molecule has 0 bridgehead atoms. The highest BCUT2D eigenvalue weighted by molar-refractivity contribution is 14.1. The van der Waals surface area contributed by atoms with Gasteiger partial charge in [0, 0.05) is 18.6 Å². The van der Waals surface area contributed by atoms with E-state index in [1.807, 2.05) is 23.1 Å². The van der Waals surface area contributed by atoms with Crippen molar-refractivity contribution in [3.63, 3.8) is 0 Å². The van der Waals surface area contributed by atoms with Crippen molar-refractivity contribution in [3.8, 4) is 0 Å². The predicted molar refractivity (Wildman–Crippen MR) is 82.2 cm³/mol. The lowest BCUT2D eigenvalue weighted by Gasteiger charge is -2.12. The molecule has 72 valence electrons. The molecule has 2 heterocycles. The fourth-order valence-corrected chi connectivity index (χ4v) is 6.01. The van der Waals surface area contributed by atoms with Gasteiger partial charge in [-0.1, -0.05) is 18.2 Å². The molecule has 14 heavy (non-hydrogen) atoms. The summed E-state index contributed by atoms with van der Waals surface area (Å²) in [5, 5.41) is 2.09. The molecule has 0 radical (unpaired) electrons. The number of hydrogen-bond acceptors (Lipinski definition) is 2. The summed E-state index contributed by atoms with van der Waals surface area (Å²) in [5.41, 5.74) is 0. The summed E-state index contributed by atoms with van der Waals surface area (Å²) in [6.07, 6.45) is 7.22. The first kappa shape index (κ1) is 10.2. The molecule has 3 rings (SSSR count). The minimum Gasteiger partial charge on any atom is -0.129 e. The zero-order chi connectivity index (χ0) is 9.71. The second-order valence-corrected chi connectivity index (χ2v) is 9.43. The van der Waals surface area contributed by atoms with Gasteiger partial charge >= 0.3 is 0 Å².